The van der Waals surface area contributed by atoms with Crippen LogP contribution in [0.25, 0.3) is 0 Å². The third-order valence-electron chi connectivity index (χ3n) is 2.65. The maximum Gasteiger partial charge on any atom is 0.180 e. The summed E-state index contributed by atoms with van der Waals surface area (Å²) >= 11 is 6.03. The number of anilines is 1. The molecule has 1 rings (SSSR count). The Kier molecular flexibility index (Phi) is 5.96. The second-order valence-corrected chi connectivity index (χ2v) is 6.90. The van der Waals surface area contributed by atoms with Gasteiger partial charge in [0.2, 0.25) is 0 Å². The molecule has 0 spiro atoms. The second-order valence-electron chi connectivity index (χ2n) is 4.20. The summed E-state index contributed by atoms with van der Waals surface area (Å²) in [6.07, 6.45) is 1.46. The number of benzene rings is 1. The van der Waals surface area contributed by atoms with Crippen LogP contribution in [0.5, 0.6) is 0 Å². The fourth-order valence-corrected chi connectivity index (χ4v) is 3.22. The van der Waals surface area contributed by atoms with Crippen molar-refractivity contribution in [3.8, 4) is 0 Å². The minimum absolute atomic E-state index is 0.00642. The Labute approximate surface area is 114 Å². The largest absolute Gasteiger partial charge is 0.383 e. The van der Waals surface area contributed by atoms with Crippen LogP contribution in [0.3, 0.4) is 0 Å². The first kappa shape index (κ1) is 15.3. The van der Waals surface area contributed by atoms with Gasteiger partial charge in [-0.25, -0.2) is 8.42 Å². The fourth-order valence-electron chi connectivity index (χ4n) is 1.63. The molecule has 1 unspecified atom stereocenters. The van der Waals surface area contributed by atoms with Gasteiger partial charge in [0.25, 0.3) is 0 Å². The molecule has 0 amide bonds. The van der Waals surface area contributed by atoms with Gasteiger partial charge in [-0.2, -0.15) is 0 Å². The molecule has 18 heavy (non-hydrogen) atoms. The smallest absolute Gasteiger partial charge is 0.180 e. The molecule has 0 bridgehead atoms. The van der Waals surface area contributed by atoms with E-state index < -0.39 is 9.84 Å². The maximum atomic E-state index is 12.1. The first-order valence-electron chi connectivity index (χ1n) is 6.21. The van der Waals surface area contributed by atoms with Crippen LogP contribution in [0.4, 0.5) is 5.69 Å². The molecular formula is C13H20ClNO2S. The highest BCUT2D eigenvalue weighted by atomic mass is 35.5. The average Bonchev–Trinajstić information content (AvgIpc) is 2.36. The average molecular weight is 290 g/mol. The van der Waals surface area contributed by atoms with E-state index in [1.54, 1.807) is 18.2 Å². The molecule has 0 aliphatic rings. The van der Waals surface area contributed by atoms with E-state index in [2.05, 4.69) is 5.32 Å². The first-order valence-corrected chi connectivity index (χ1v) is 8.29. The molecule has 1 aromatic rings. The van der Waals surface area contributed by atoms with Crippen molar-refractivity contribution in [1.29, 1.82) is 0 Å². The molecule has 3 nitrogen and oxygen atoms in total. The van der Waals surface area contributed by atoms with Crippen LogP contribution in [-0.2, 0) is 9.84 Å². The number of sulfone groups is 1. The Hall–Kier alpha value is -0.740. The van der Waals surface area contributed by atoms with E-state index in [0.717, 1.165) is 6.42 Å². The van der Waals surface area contributed by atoms with Gasteiger partial charge in [-0.05, 0) is 25.0 Å². The number of para-hydroxylation sites is 1. The van der Waals surface area contributed by atoms with Gasteiger partial charge in [0.15, 0.2) is 9.84 Å². The number of rotatable bonds is 7. The van der Waals surface area contributed by atoms with Gasteiger partial charge in [-0.3, -0.25) is 0 Å². The molecule has 102 valence electrons. The van der Waals surface area contributed by atoms with Crippen molar-refractivity contribution in [3.63, 3.8) is 0 Å². The molecule has 0 aliphatic carbocycles. The van der Waals surface area contributed by atoms with Crippen LogP contribution in [0, 0.1) is 0 Å². The Balaban J connectivity index is 2.93. The Morgan fingerprint density at radius 3 is 2.56 bits per heavy atom. The van der Waals surface area contributed by atoms with Crippen molar-refractivity contribution in [2.24, 2.45) is 0 Å². The SMILES string of the molecule is CCCS(=O)(=O)c1ccccc1NCC(Cl)CC. The number of hydrogen-bond acceptors (Lipinski definition) is 3. The van der Waals surface area contributed by atoms with Gasteiger partial charge in [0, 0.05) is 6.54 Å². The van der Waals surface area contributed by atoms with Gasteiger partial charge in [-0.1, -0.05) is 26.0 Å². The summed E-state index contributed by atoms with van der Waals surface area (Å²) in [7, 11) is -3.20. The van der Waals surface area contributed by atoms with Crippen LogP contribution in [0.1, 0.15) is 26.7 Å². The first-order chi connectivity index (χ1) is 8.51. The number of halogens is 1. The van der Waals surface area contributed by atoms with Crippen molar-refractivity contribution in [2.45, 2.75) is 37.0 Å². The van der Waals surface area contributed by atoms with Crippen molar-refractivity contribution in [1.82, 2.24) is 0 Å². The van der Waals surface area contributed by atoms with Crippen LogP contribution in [0.2, 0.25) is 0 Å². The number of hydrogen-bond donors (Lipinski definition) is 1. The lowest BCUT2D eigenvalue weighted by Gasteiger charge is -2.14. The van der Waals surface area contributed by atoms with Crippen molar-refractivity contribution < 1.29 is 8.42 Å². The van der Waals surface area contributed by atoms with E-state index in [9.17, 15) is 8.42 Å². The normalized spacial score (nSPS) is 13.3. The summed E-state index contributed by atoms with van der Waals surface area (Å²) in [6, 6.07) is 6.98. The highest BCUT2D eigenvalue weighted by Gasteiger charge is 2.17. The summed E-state index contributed by atoms with van der Waals surface area (Å²) in [5.41, 5.74) is 0.644. The predicted octanol–water partition coefficient (Wildman–Crippen LogP) is 3.30. The summed E-state index contributed by atoms with van der Waals surface area (Å²) < 4.78 is 24.2. The zero-order valence-electron chi connectivity index (χ0n) is 10.8. The Morgan fingerprint density at radius 2 is 1.94 bits per heavy atom. The molecule has 0 saturated carbocycles. The molecule has 0 fully saturated rings. The molecule has 5 heteroatoms. The summed E-state index contributed by atoms with van der Waals surface area (Å²) in [4.78, 5) is 0.367. The van der Waals surface area contributed by atoms with Crippen LogP contribution >= 0.6 is 11.6 Å². The van der Waals surface area contributed by atoms with E-state index >= 15 is 0 Å². The van der Waals surface area contributed by atoms with Crippen LogP contribution in [0.15, 0.2) is 29.2 Å². The molecule has 0 radical (unpaired) electrons. The standard InChI is InChI=1S/C13H20ClNO2S/c1-3-9-18(16,17)13-8-6-5-7-12(13)15-10-11(14)4-2/h5-8,11,15H,3-4,9-10H2,1-2H3. The van der Waals surface area contributed by atoms with Crippen molar-refractivity contribution >= 4 is 27.1 Å². The Morgan fingerprint density at radius 1 is 1.28 bits per heavy atom. The molecular weight excluding hydrogens is 270 g/mol. The summed E-state index contributed by atoms with van der Waals surface area (Å²) in [5.74, 6) is 0.170. The van der Waals surface area contributed by atoms with Gasteiger partial charge >= 0.3 is 0 Å². The highest BCUT2D eigenvalue weighted by Crippen LogP contribution is 2.22. The topological polar surface area (TPSA) is 46.2 Å². The van der Waals surface area contributed by atoms with Gasteiger partial charge in [0.05, 0.1) is 21.7 Å². The lowest BCUT2D eigenvalue weighted by Crippen LogP contribution is -2.16. The molecule has 0 saturated heterocycles. The van der Waals surface area contributed by atoms with E-state index in [-0.39, 0.29) is 11.1 Å². The highest BCUT2D eigenvalue weighted by molar-refractivity contribution is 7.91. The summed E-state index contributed by atoms with van der Waals surface area (Å²) in [5, 5.41) is 3.12. The minimum atomic E-state index is -3.20. The molecule has 1 aromatic carbocycles. The predicted molar refractivity (Wildman–Crippen MR) is 77.2 cm³/mol. The lowest BCUT2D eigenvalue weighted by molar-refractivity contribution is 0.595. The molecule has 1 atom stereocenters. The monoisotopic (exact) mass is 289 g/mol. The lowest BCUT2D eigenvalue weighted by atomic mass is 10.3. The van der Waals surface area contributed by atoms with Crippen molar-refractivity contribution in [2.75, 3.05) is 17.6 Å². The zero-order chi connectivity index (χ0) is 13.6. The minimum Gasteiger partial charge on any atom is -0.383 e. The van der Waals surface area contributed by atoms with Gasteiger partial charge in [-0.15, -0.1) is 11.6 Å². The second kappa shape index (κ2) is 7.00. The van der Waals surface area contributed by atoms with E-state index in [1.165, 1.54) is 0 Å². The third kappa shape index (κ3) is 4.18. The third-order valence-corrected chi connectivity index (χ3v) is 5.09. The summed E-state index contributed by atoms with van der Waals surface area (Å²) in [6.45, 7) is 4.43. The van der Waals surface area contributed by atoms with Crippen LogP contribution in [-0.4, -0.2) is 26.1 Å². The van der Waals surface area contributed by atoms with Gasteiger partial charge < -0.3 is 5.32 Å². The molecule has 0 aromatic heterocycles. The fraction of sp³-hybridized carbons (Fsp3) is 0.538. The zero-order valence-corrected chi connectivity index (χ0v) is 12.4. The van der Waals surface area contributed by atoms with Gasteiger partial charge in [0.1, 0.15) is 0 Å². The molecule has 0 aliphatic heterocycles. The molecule has 0 heterocycles. The van der Waals surface area contributed by atoms with E-state index in [1.807, 2.05) is 19.9 Å². The van der Waals surface area contributed by atoms with E-state index in [0.29, 0.717) is 23.5 Å². The van der Waals surface area contributed by atoms with E-state index in [4.69, 9.17) is 11.6 Å². The Bertz CT molecular complexity index is 474. The number of nitrogens with one attached hydrogen (secondary N) is 1. The quantitative estimate of drug-likeness (QED) is 0.784. The molecule has 1 N–H and O–H groups in total. The van der Waals surface area contributed by atoms with Crippen molar-refractivity contribution in [3.05, 3.63) is 24.3 Å². The van der Waals surface area contributed by atoms with Crippen LogP contribution < -0.4 is 5.32 Å². The number of alkyl halides is 1. The maximum absolute atomic E-state index is 12.1.